The zero-order chi connectivity index (χ0) is 22.9. The van der Waals surface area contributed by atoms with Crippen LogP contribution in [0.2, 0.25) is 0 Å². The lowest BCUT2D eigenvalue weighted by atomic mass is 9.95. The SMILES string of the molecule is Cc1nc2c3ccccc3nn2c(C)c1CCC(=O)N1CCCC(C(=O)N2CCOCC2)C1. The van der Waals surface area contributed by atoms with Crippen LogP contribution in [0.3, 0.4) is 0 Å². The van der Waals surface area contributed by atoms with Gasteiger partial charge < -0.3 is 14.5 Å². The van der Waals surface area contributed by atoms with Crippen LogP contribution in [0.4, 0.5) is 0 Å². The summed E-state index contributed by atoms with van der Waals surface area (Å²) in [4.78, 5) is 34.6. The van der Waals surface area contributed by atoms with Gasteiger partial charge in [-0.25, -0.2) is 9.50 Å². The Balaban J connectivity index is 1.27. The Morgan fingerprint density at radius 2 is 1.88 bits per heavy atom. The minimum Gasteiger partial charge on any atom is -0.378 e. The lowest BCUT2D eigenvalue weighted by Crippen LogP contribution is -2.49. The molecular formula is C25H31N5O3. The van der Waals surface area contributed by atoms with Gasteiger partial charge in [-0.2, -0.15) is 5.10 Å². The number of fused-ring (bicyclic) bond motifs is 3. The molecule has 2 aliphatic rings. The Hall–Kier alpha value is -3.00. The number of likely N-dealkylation sites (tertiary alicyclic amines) is 1. The second-order valence-electron chi connectivity index (χ2n) is 9.13. The van der Waals surface area contributed by atoms with Crippen LogP contribution in [0.1, 0.15) is 36.2 Å². The number of morpholine rings is 1. The number of hydrogen-bond acceptors (Lipinski definition) is 5. The minimum absolute atomic E-state index is 0.0983. The van der Waals surface area contributed by atoms with E-state index >= 15 is 0 Å². The summed E-state index contributed by atoms with van der Waals surface area (Å²) in [6, 6.07) is 8.01. The molecule has 174 valence electrons. The third-order valence-electron chi connectivity index (χ3n) is 7.05. The zero-order valence-electron chi connectivity index (χ0n) is 19.4. The largest absolute Gasteiger partial charge is 0.378 e. The molecule has 0 radical (unpaired) electrons. The molecule has 8 heteroatoms. The normalized spacial score (nSPS) is 19.4. The highest BCUT2D eigenvalue weighted by Crippen LogP contribution is 2.24. The number of carbonyl (C=O) groups excluding carboxylic acids is 2. The van der Waals surface area contributed by atoms with E-state index in [9.17, 15) is 9.59 Å². The summed E-state index contributed by atoms with van der Waals surface area (Å²) < 4.78 is 7.26. The van der Waals surface area contributed by atoms with Crippen molar-refractivity contribution in [1.29, 1.82) is 0 Å². The van der Waals surface area contributed by atoms with Crippen molar-refractivity contribution in [2.24, 2.45) is 5.92 Å². The van der Waals surface area contributed by atoms with Crippen molar-refractivity contribution in [3.05, 3.63) is 41.2 Å². The average molecular weight is 450 g/mol. The molecule has 1 aromatic carbocycles. The molecule has 33 heavy (non-hydrogen) atoms. The summed E-state index contributed by atoms with van der Waals surface area (Å²) in [7, 11) is 0. The topological polar surface area (TPSA) is 80.0 Å². The molecule has 0 bridgehead atoms. The van der Waals surface area contributed by atoms with E-state index in [1.807, 2.05) is 52.4 Å². The first kappa shape index (κ1) is 21.8. The van der Waals surface area contributed by atoms with Crippen molar-refractivity contribution in [2.45, 2.75) is 39.5 Å². The van der Waals surface area contributed by atoms with Gasteiger partial charge in [0.2, 0.25) is 11.8 Å². The van der Waals surface area contributed by atoms with Gasteiger partial charge in [0, 0.05) is 49.4 Å². The van der Waals surface area contributed by atoms with E-state index in [0.29, 0.717) is 45.7 Å². The van der Waals surface area contributed by atoms with Crippen LogP contribution in [-0.4, -0.2) is 75.6 Å². The Bertz CT molecular complexity index is 1200. The quantitative estimate of drug-likeness (QED) is 0.612. The predicted octanol–water partition coefficient (Wildman–Crippen LogP) is 2.53. The van der Waals surface area contributed by atoms with E-state index in [0.717, 1.165) is 52.9 Å². The molecule has 0 saturated carbocycles. The van der Waals surface area contributed by atoms with E-state index in [-0.39, 0.29) is 17.7 Å². The average Bonchev–Trinajstić information content (AvgIpc) is 3.22. The smallest absolute Gasteiger partial charge is 0.227 e. The maximum atomic E-state index is 13.1. The molecule has 3 aromatic rings. The van der Waals surface area contributed by atoms with Gasteiger partial charge in [0.25, 0.3) is 0 Å². The van der Waals surface area contributed by atoms with Crippen molar-refractivity contribution < 1.29 is 14.3 Å². The molecule has 0 N–H and O–H groups in total. The molecule has 5 rings (SSSR count). The summed E-state index contributed by atoms with van der Waals surface area (Å²) in [5.41, 5.74) is 4.82. The molecule has 2 amide bonds. The maximum Gasteiger partial charge on any atom is 0.227 e. The molecule has 2 fully saturated rings. The maximum absolute atomic E-state index is 13.1. The van der Waals surface area contributed by atoms with Crippen molar-refractivity contribution in [1.82, 2.24) is 24.4 Å². The van der Waals surface area contributed by atoms with Crippen molar-refractivity contribution >= 4 is 28.4 Å². The second kappa shape index (κ2) is 9.09. The number of ether oxygens (including phenoxy) is 1. The Labute approximate surface area is 193 Å². The molecular weight excluding hydrogens is 418 g/mol. The lowest BCUT2D eigenvalue weighted by molar-refractivity contribution is -0.144. The van der Waals surface area contributed by atoms with Gasteiger partial charge in [0.15, 0.2) is 5.65 Å². The number of nitrogens with zero attached hydrogens (tertiary/aromatic N) is 5. The van der Waals surface area contributed by atoms with Gasteiger partial charge in [-0.3, -0.25) is 9.59 Å². The summed E-state index contributed by atoms with van der Waals surface area (Å²) >= 11 is 0. The van der Waals surface area contributed by atoms with Crippen LogP contribution in [0, 0.1) is 19.8 Å². The standard InChI is InChI=1S/C25H31N5O3/c1-17-20(18(2)30-24(26-17)21-7-3-4-8-22(21)27-30)9-10-23(31)29-11-5-6-19(16-29)25(32)28-12-14-33-15-13-28/h3-4,7-8,19H,5-6,9-16H2,1-2H3. The van der Waals surface area contributed by atoms with E-state index in [1.54, 1.807) is 0 Å². The first-order valence-corrected chi connectivity index (χ1v) is 11.9. The van der Waals surface area contributed by atoms with Gasteiger partial charge in [-0.15, -0.1) is 0 Å². The molecule has 2 aliphatic heterocycles. The number of carbonyl (C=O) groups is 2. The first-order chi connectivity index (χ1) is 16.0. The van der Waals surface area contributed by atoms with Crippen LogP contribution in [0.15, 0.2) is 24.3 Å². The molecule has 4 heterocycles. The van der Waals surface area contributed by atoms with E-state index in [1.165, 1.54) is 0 Å². The summed E-state index contributed by atoms with van der Waals surface area (Å²) in [6.07, 6.45) is 2.76. The number of rotatable bonds is 4. The fourth-order valence-corrected chi connectivity index (χ4v) is 5.18. The lowest BCUT2D eigenvalue weighted by Gasteiger charge is -2.36. The monoisotopic (exact) mass is 449 g/mol. The highest BCUT2D eigenvalue weighted by molar-refractivity contribution is 5.92. The molecule has 2 saturated heterocycles. The highest BCUT2D eigenvalue weighted by atomic mass is 16.5. The number of aromatic nitrogens is 3. The van der Waals surface area contributed by atoms with Crippen LogP contribution >= 0.6 is 0 Å². The van der Waals surface area contributed by atoms with Crippen LogP contribution in [0.25, 0.3) is 16.6 Å². The third kappa shape index (κ3) is 4.19. The van der Waals surface area contributed by atoms with Gasteiger partial charge in [-0.05, 0) is 50.8 Å². The summed E-state index contributed by atoms with van der Waals surface area (Å²) in [6.45, 7) is 7.81. The van der Waals surface area contributed by atoms with Gasteiger partial charge >= 0.3 is 0 Å². The molecule has 1 unspecified atom stereocenters. The Morgan fingerprint density at radius 3 is 2.70 bits per heavy atom. The number of amides is 2. The predicted molar refractivity (Wildman–Crippen MR) is 125 cm³/mol. The fraction of sp³-hybridized carbons (Fsp3) is 0.520. The van der Waals surface area contributed by atoms with Gasteiger partial charge in [0.05, 0.1) is 24.6 Å². The Morgan fingerprint density at radius 1 is 1.09 bits per heavy atom. The number of hydrogen-bond donors (Lipinski definition) is 0. The summed E-state index contributed by atoms with van der Waals surface area (Å²) in [5, 5.41) is 5.75. The molecule has 1 atom stereocenters. The number of benzene rings is 1. The molecule has 2 aromatic heterocycles. The highest BCUT2D eigenvalue weighted by Gasteiger charge is 2.31. The Kier molecular flexibility index (Phi) is 6.01. The third-order valence-corrected chi connectivity index (χ3v) is 7.05. The van der Waals surface area contributed by atoms with Gasteiger partial charge in [0.1, 0.15) is 0 Å². The van der Waals surface area contributed by atoms with E-state index in [2.05, 4.69) is 0 Å². The van der Waals surface area contributed by atoms with Crippen molar-refractivity contribution in [3.63, 3.8) is 0 Å². The molecule has 0 spiro atoms. The minimum atomic E-state index is -0.0983. The van der Waals surface area contributed by atoms with Crippen LogP contribution in [-0.2, 0) is 20.7 Å². The second-order valence-corrected chi connectivity index (χ2v) is 9.13. The number of piperidine rings is 1. The molecule has 0 aliphatic carbocycles. The zero-order valence-corrected chi connectivity index (χ0v) is 19.4. The van der Waals surface area contributed by atoms with E-state index in [4.69, 9.17) is 14.8 Å². The summed E-state index contributed by atoms with van der Waals surface area (Å²) in [5.74, 6) is 0.181. The molecule has 8 nitrogen and oxygen atoms in total. The van der Waals surface area contributed by atoms with Crippen molar-refractivity contribution in [3.8, 4) is 0 Å². The first-order valence-electron chi connectivity index (χ1n) is 11.9. The van der Waals surface area contributed by atoms with Crippen molar-refractivity contribution in [2.75, 3.05) is 39.4 Å². The van der Waals surface area contributed by atoms with Crippen LogP contribution < -0.4 is 0 Å². The van der Waals surface area contributed by atoms with Crippen LogP contribution in [0.5, 0.6) is 0 Å². The number of aryl methyl sites for hydroxylation is 2. The van der Waals surface area contributed by atoms with Gasteiger partial charge in [-0.1, -0.05) is 12.1 Å². The van der Waals surface area contributed by atoms with E-state index < -0.39 is 0 Å². The fourth-order valence-electron chi connectivity index (χ4n) is 5.18.